The molecule has 2 aliphatic rings. The maximum atomic E-state index is 16.3. The number of amides is 1. The smallest absolute Gasteiger partial charge is 0.274 e. The lowest BCUT2D eigenvalue weighted by Gasteiger charge is -2.19. The second kappa shape index (κ2) is 10.7. The Bertz CT molecular complexity index is 1790. The molecule has 3 heterocycles. The number of halogens is 4. The summed E-state index contributed by atoms with van der Waals surface area (Å²) in [6, 6.07) is 12.1. The molecule has 6 nitrogen and oxygen atoms in total. The first kappa shape index (κ1) is 28.2. The summed E-state index contributed by atoms with van der Waals surface area (Å²) in [4.78, 5) is 32.1. The fourth-order valence-electron chi connectivity index (χ4n) is 5.90. The van der Waals surface area contributed by atoms with Crippen LogP contribution in [0.4, 0.5) is 13.2 Å². The van der Waals surface area contributed by atoms with Gasteiger partial charge in [-0.15, -0.1) is 0 Å². The summed E-state index contributed by atoms with van der Waals surface area (Å²) in [5.41, 5.74) is 0.783. The van der Waals surface area contributed by atoms with Gasteiger partial charge in [0.1, 0.15) is 22.4 Å². The van der Waals surface area contributed by atoms with Gasteiger partial charge >= 0.3 is 0 Å². The number of aliphatic hydroxyl groups is 1. The Hall–Kier alpha value is -3.95. The van der Waals surface area contributed by atoms with E-state index in [9.17, 15) is 19.1 Å². The lowest BCUT2D eigenvalue weighted by Crippen LogP contribution is -2.30. The van der Waals surface area contributed by atoms with Gasteiger partial charge in [-0.25, -0.2) is 13.2 Å². The number of nitrogens with zero attached hydrogens (tertiary/aromatic N) is 3. The number of benzene rings is 2. The molecule has 0 spiro atoms. The topological polar surface area (TPSA) is 75.4 Å². The zero-order valence-electron chi connectivity index (χ0n) is 22.9. The van der Waals surface area contributed by atoms with Gasteiger partial charge in [-0.1, -0.05) is 29.8 Å². The minimum atomic E-state index is -0.942. The highest BCUT2D eigenvalue weighted by atomic mass is 35.5. The summed E-state index contributed by atoms with van der Waals surface area (Å²) >= 11 is 6.60. The van der Waals surface area contributed by atoms with Crippen LogP contribution in [-0.2, 0) is 0 Å². The summed E-state index contributed by atoms with van der Waals surface area (Å²) in [6.45, 7) is 3.63. The maximum absolute atomic E-state index is 16.3. The Morgan fingerprint density at radius 3 is 2.48 bits per heavy atom. The number of hydrogen-bond donors (Lipinski definition) is 1. The van der Waals surface area contributed by atoms with Gasteiger partial charge in [0.2, 0.25) is 0 Å². The van der Waals surface area contributed by atoms with Crippen LogP contribution in [-0.4, -0.2) is 44.7 Å². The van der Waals surface area contributed by atoms with Crippen molar-refractivity contribution in [2.24, 2.45) is 0 Å². The van der Waals surface area contributed by atoms with Crippen molar-refractivity contribution in [2.75, 3.05) is 13.1 Å². The van der Waals surface area contributed by atoms with Crippen LogP contribution in [0.15, 0.2) is 59.5 Å². The first-order valence-electron chi connectivity index (χ1n) is 13.7. The van der Waals surface area contributed by atoms with Gasteiger partial charge in [-0.05, 0) is 85.5 Å². The quantitative estimate of drug-likeness (QED) is 0.305. The predicted octanol–water partition coefficient (Wildman–Crippen LogP) is 6.06. The van der Waals surface area contributed by atoms with Gasteiger partial charge in [-0.2, -0.15) is 0 Å². The number of pyridine rings is 2. The molecule has 6 rings (SSSR count). The van der Waals surface area contributed by atoms with Crippen LogP contribution in [0.5, 0.6) is 0 Å². The van der Waals surface area contributed by atoms with Crippen LogP contribution in [0, 0.1) is 31.3 Å². The SMILES string of the molecule is Cc1cnc(-c2cccc(C(=O)N3CC[C@@H](O)C3)c2F)c(F)c1-n1c(C)cc([C@@H]2CC2c2ccc(F)cc2)c(Cl)c1=O. The molecule has 1 aliphatic heterocycles. The molecule has 10 heteroatoms. The molecule has 216 valence electrons. The van der Waals surface area contributed by atoms with E-state index in [4.69, 9.17) is 11.6 Å². The van der Waals surface area contributed by atoms with Gasteiger partial charge < -0.3 is 10.0 Å². The summed E-state index contributed by atoms with van der Waals surface area (Å²) in [5.74, 6) is -2.75. The third-order valence-electron chi connectivity index (χ3n) is 8.18. The normalized spacial score (nSPS) is 19.8. The largest absolute Gasteiger partial charge is 0.391 e. The van der Waals surface area contributed by atoms with Crippen LogP contribution >= 0.6 is 11.6 Å². The van der Waals surface area contributed by atoms with Crippen molar-refractivity contribution in [3.8, 4) is 16.9 Å². The zero-order chi connectivity index (χ0) is 29.9. The van der Waals surface area contributed by atoms with E-state index in [2.05, 4.69) is 4.98 Å². The lowest BCUT2D eigenvalue weighted by molar-refractivity contribution is 0.0760. The van der Waals surface area contributed by atoms with Gasteiger partial charge in [0, 0.05) is 30.5 Å². The van der Waals surface area contributed by atoms with E-state index in [-0.39, 0.29) is 58.3 Å². The lowest BCUT2D eigenvalue weighted by atomic mass is 10.0. The number of rotatable bonds is 5. The summed E-state index contributed by atoms with van der Waals surface area (Å²) < 4.78 is 46.5. The second-order valence-corrected chi connectivity index (χ2v) is 11.4. The fourth-order valence-corrected chi connectivity index (χ4v) is 6.18. The number of aromatic nitrogens is 2. The summed E-state index contributed by atoms with van der Waals surface area (Å²) in [6.07, 6.45) is 1.81. The molecule has 2 aromatic heterocycles. The van der Waals surface area contributed by atoms with Crippen LogP contribution in [0.3, 0.4) is 0 Å². The summed E-state index contributed by atoms with van der Waals surface area (Å²) in [5, 5.41) is 9.75. The van der Waals surface area contributed by atoms with Crippen molar-refractivity contribution >= 4 is 17.5 Å². The molecule has 2 aromatic carbocycles. The average Bonchev–Trinajstić information content (AvgIpc) is 3.64. The Morgan fingerprint density at radius 1 is 1.05 bits per heavy atom. The molecule has 1 saturated carbocycles. The molecule has 1 aliphatic carbocycles. The summed E-state index contributed by atoms with van der Waals surface area (Å²) in [7, 11) is 0. The van der Waals surface area contributed by atoms with E-state index in [1.165, 1.54) is 41.4 Å². The number of carbonyl (C=O) groups excluding carboxylic acids is 1. The van der Waals surface area contributed by atoms with E-state index in [0.717, 1.165) is 16.6 Å². The van der Waals surface area contributed by atoms with E-state index in [1.54, 1.807) is 32.0 Å². The molecule has 42 heavy (non-hydrogen) atoms. The number of aliphatic hydroxyl groups excluding tert-OH is 1. The van der Waals surface area contributed by atoms with Crippen LogP contribution in [0.25, 0.3) is 16.9 Å². The Morgan fingerprint density at radius 2 is 1.79 bits per heavy atom. The van der Waals surface area contributed by atoms with Crippen molar-refractivity contribution in [3.05, 3.63) is 116 Å². The highest BCUT2D eigenvalue weighted by molar-refractivity contribution is 6.31. The van der Waals surface area contributed by atoms with Gasteiger partial charge in [0.25, 0.3) is 11.5 Å². The maximum Gasteiger partial charge on any atom is 0.274 e. The predicted molar refractivity (Wildman–Crippen MR) is 153 cm³/mol. The van der Waals surface area contributed by atoms with E-state index >= 15 is 8.78 Å². The van der Waals surface area contributed by atoms with Crippen LogP contribution < -0.4 is 5.56 Å². The number of aryl methyl sites for hydroxylation is 2. The third kappa shape index (κ3) is 4.80. The van der Waals surface area contributed by atoms with Crippen molar-refractivity contribution in [1.29, 1.82) is 0 Å². The molecule has 0 bridgehead atoms. The Labute approximate surface area is 245 Å². The zero-order valence-corrected chi connectivity index (χ0v) is 23.6. The molecular weight excluding hydrogens is 567 g/mol. The van der Waals surface area contributed by atoms with E-state index < -0.39 is 29.2 Å². The first-order valence-corrected chi connectivity index (χ1v) is 14.0. The Balaban J connectivity index is 1.39. The van der Waals surface area contributed by atoms with Gasteiger partial charge in [0.15, 0.2) is 5.82 Å². The monoisotopic (exact) mass is 593 g/mol. The molecule has 1 amide bonds. The molecule has 1 unspecified atom stereocenters. The van der Waals surface area contributed by atoms with Crippen molar-refractivity contribution in [1.82, 2.24) is 14.5 Å². The van der Waals surface area contributed by atoms with Gasteiger partial charge in [0.05, 0.1) is 17.4 Å². The van der Waals surface area contributed by atoms with Crippen molar-refractivity contribution in [3.63, 3.8) is 0 Å². The highest BCUT2D eigenvalue weighted by Crippen LogP contribution is 2.55. The van der Waals surface area contributed by atoms with E-state index in [0.29, 0.717) is 23.2 Å². The molecule has 4 aromatic rings. The van der Waals surface area contributed by atoms with Crippen LogP contribution in [0.1, 0.15) is 57.4 Å². The molecule has 0 radical (unpaired) electrons. The molecule has 1 saturated heterocycles. The second-order valence-electron chi connectivity index (χ2n) is 11.0. The third-order valence-corrected chi connectivity index (χ3v) is 8.56. The van der Waals surface area contributed by atoms with Crippen molar-refractivity contribution in [2.45, 2.75) is 44.6 Å². The minimum absolute atomic E-state index is 0.0333. The minimum Gasteiger partial charge on any atom is -0.391 e. The average molecular weight is 594 g/mol. The number of hydrogen-bond acceptors (Lipinski definition) is 4. The molecule has 3 atom stereocenters. The standard InChI is InChI=1S/C32H27ClF3N3O3/c1-16-14-37-29(21-4-3-5-22(27(21)35)31(41)38-11-10-20(40)15-38)28(36)30(16)39-17(2)12-25(26(33)32(39)42)24-13-23(24)18-6-8-19(34)9-7-18/h3-9,12,14,20,23-24,40H,10-11,13,15H2,1-2H3/t20-,23?,24-/m1/s1. The first-order chi connectivity index (χ1) is 20.1. The molecule has 2 fully saturated rings. The fraction of sp³-hybridized carbons (Fsp3) is 0.281. The molecule has 1 N–H and O–H groups in total. The van der Waals surface area contributed by atoms with Gasteiger partial charge in [-0.3, -0.25) is 19.1 Å². The number of carbonyl (C=O) groups is 1. The number of β-amino-alcohol motifs (C(OH)–C–C–N with tert-alkyl or cyclic N) is 1. The van der Waals surface area contributed by atoms with Crippen molar-refractivity contribution < 1.29 is 23.1 Å². The van der Waals surface area contributed by atoms with Crippen LogP contribution in [0.2, 0.25) is 5.02 Å². The highest BCUT2D eigenvalue weighted by Gasteiger charge is 2.41. The molecular formula is C32H27ClF3N3O3. The number of likely N-dealkylation sites (tertiary alicyclic amines) is 1. The Kier molecular flexibility index (Phi) is 7.19. The van der Waals surface area contributed by atoms with E-state index in [1.807, 2.05) is 0 Å².